The molecule has 0 radical (unpaired) electrons. The van der Waals surface area contributed by atoms with Crippen LogP contribution in [-0.2, 0) is 0 Å². The third-order valence-corrected chi connectivity index (χ3v) is 6.40. The number of carbonyl (C=O) groups is 1. The number of carbonyl (C=O) groups excluding carboxylic acids is 1. The number of rotatable bonds is 4. The lowest BCUT2D eigenvalue weighted by Crippen LogP contribution is -2.40. The Morgan fingerprint density at radius 2 is 2.05 bits per heavy atom. The highest BCUT2D eigenvalue weighted by Crippen LogP contribution is 2.37. The van der Waals surface area contributed by atoms with E-state index >= 15 is 0 Å². The van der Waals surface area contributed by atoms with E-state index < -0.39 is 0 Å². The van der Waals surface area contributed by atoms with Gasteiger partial charge in [-0.05, 0) is 24.3 Å². The van der Waals surface area contributed by atoms with Crippen LogP contribution in [-0.4, -0.2) is 17.8 Å². The summed E-state index contributed by atoms with van der Waals surface area (Å²) in [5.41, 5.74) is 0.678. The normalized spacial score (nSPS) is 18.3. The van der Waals surface area contributed by atoms with Gasteiger partial charge in [0.2, 0.25) is 0 Å². The number of thiophene rings is 1. The zero-order chi connectivity index (χ0) is 13.9. The molecule has 0 unspecified atom stereocenters. The first-order valence-corrected chi connectivity index (χ1v) is 9.05. The minimum atomic E-state index is -0.126. The average Bonchev–Trinajstić information content (AvgIpc) is 2.76. The number of alkyl halides is 1. The van der Waals surface area contributed by atoms with Crippen molar-refractivity contribution in [2.24, 2.45) is 5.41 Å². The number of amides is 1. The van der Waals surface area contributed by atoms with Gasteiger partial charge in [-0.3, -0.25) is 4.79 Å². The van der Waals surface area contributed by atoms with Crippen LogP contribution >= 0.6 is 50.5 Å². The maximum absolute atomic E-state index is 12.1. The molecule has 1 N–H and O–H groups in total. The van der Waals surface area contributed by atoms with Crippen molar-refractivity contribution in [2.45, 2.75) is 32.1 Å². The fourth-order valence-electron chi connectivity index (χ4n) is 2.52. The van der Waals surface area contributed by atoms with Crippen molar-refractivity contribution < 1.29 is 4.79 Å². The van der Waals surface area contributed by atoms with Gasteiger partial charge in [0.05, 0.1) is 9.90 Å². The molecule has 2 rings (SSSR count). The highest BCUT2D eigenvalue weighted by molar-refractivity contribution is 9.09. The molecule has 1 fully saturated rings. The van der Waals surface area contributed by atoms with Crippen molar-refractivity contribution >= 4 is 56.4 Å². The number of nitrogens with one attached hydrogen (secondary N) is 1. The molecule has 1 aliphatic carbocycles. The lowest BCUT2D eigenvalue weighted by atomic mass is 9.75. The van der Waals surface area contributed by atoms with Crippen molar-refractivity contribution in [2.75, 3.05) is 11.9 Å². The van der Waals surface area contributed by atoms with Gasteiger partial charge in [0.25, 0.3) is 5.91 Å². The van der Waals surface area contributed by atoms with Crippen LogP contribution in [0.4, 0.5) is 0 Å². The summed E-state index contributed by atoms with van der Waals surface area (Å²) in [5, 5.41) is 3.94. The lowest BCUT2D eigenvalue weighted by molar-refractivity contribution is 0.0922. The summed E-state index contributed by atoms with van der Waals surface area (Å²) in [6.07, 6.45) is 6.11. The van der Waals surface area contributed by atoms with E-state index in [4.69, 9.17) is 23.2 Å². The van der Waals surface area contributed by atoms with E-state index in [1.165, 1.54) is 30.6 Å². The van der Waals surface area contributed by atoms with Crippen LogP contribution in [0.1, 0.15) is 42.5 Å². The predicted octanol–water partition coefficient (Wildman–Crippen LogP) is 5.13. The molecule has 0 aliphatic heterocycles. The monoisotopic (exact) mass is 383 g/mol. The molecule has 1 heterocycles. The third-order valence-electron chi connectivity index (χ3n) is 3.72. The summed E-state index contributed by atoms with van der Waals surface area (Å²) in [6.45, 7) is 0.695. The summed E-state index contributed by atoms with van der Waals surface area (Å²) < 4.78 is 1.00. The maximum atomic E-state index is 12.1. The molecule has 1 saturated carbocycles. The van der Waals surface area contributed by atoms with Crippen LogP contribution in [0, 0.1) is 5.41 Å². The SMILES string of the molecule is O=C(NCC1(CBr)CCCCC1)c1cc(Cl)sc1Cl. The summed E-state index contributed by atoms with van der Waals surface area (Å²) in [4.78, 5) is 12.1. The molecule has 0 aromatic carbocycles. The molecule has 0 saturated heterocycles. The van der Waals surface area contributed by atoms with Gasteiger partial charge in [-0.2, -0.15) is 0 Å². The Kier molecular flexibility index (Phi) is 5.58. The molecule has 0 atom stereocenters. The van der Waals surface area contributed by atoms with Crippen molar-refractivity contribution in [3.63, 3.8) is 0 Å². The average molecular weight is 385 g/mol. The second kappa shape index (κ2) is 6.79. The molecule has 2 nitrogen and oxygen atoms in total. The van der Waals surface area contributed by atoms with E-state index in [0.29, 0.717) is 20.8 Å². The molecule has 1 aromatic heterocycles. The fourth-order valence-corrected chi connectivity index (χ4v) is 4.73. The van der Waals surface area contributed by atoms with Gasteiger partial charge < -0.3 is 5.32 Å². The van der Waals surface area contributed by atoms with E-state index in [0.717, 1.165) is 18.2 Å². The van der Waals surface area contributed by atoms with Gasteiger partial charge in [0.15, 0.2) is 0 Å². The minimum Gasteiger partial charge on any atom is -0.351 e. The molecule has 6 heteroatoms. The fraction of sp³-hybridized carbons (Fsp3) is 0.615. The van der Waals surface area contributed by atoms with Crippen LogP contribution in [0.5, 0.6) is 0 Å². The Morgan fingerprint density at radius 3 is 2.58 bits per heavy atom. The quantitative estimate of drug-likeness (QED) is 0.716. The number of hydrogen-bond acceptors (Lipinski definition) is 2. The smallest absolute Gasteiger partial charge is 0.253 e. The largest absolute Gasteiger partial charge is 0.351 e. The van der Waals surface area contributed by atoms with Crippen LogP contribution in [0.25, 0.3) is 0 Å². The van der Waals surface area contributed by atoms with Gasteiger partial charge >= 0.3 is 0 Å². The van der Waals surface area contributed by atoms with Crippen molar-refractivity contribution in [1.82, 2.24) is 5.32 Å². The molecule has 19 heavy (non-hydrogen) atoms. The van der Waals surface area contributed by atoms with E-state index in [1.54, 1.807) is 6.07 Å². The van der Waals surface area contributed by atoms with Gasteiger partial charge in [-0.15, -0.1) is 11.3 Å². The van der Waals surface area contributed by atoms with Crippen LogP contribution in [0.15, 0.2) is 6.07 Å². The summed E-state index contributed by atoms with van der Waals surface area (Å²) >= 11 is 16.7. The summed E-state index contributed by atoms with van der Waals surface area (Å²) in [7, 11) is 0. The molecule has 1 aliphatic rings. The Bertz CT molecular complexity index is 457. The van der Waals surface area contributed by atoms with Gasteiger partial charge in [-0.25, -0.2) is 0 Å². The first kappa shape index (κ1) is 15.6. The Hall–Kier alpha value is 0.230. The highest BCUT2D eigenvalue weighted by Gasteiger charge is 2.31. The van der Waals surface area contributed by atoms with Crippen molar-refractivity contribution in [1.29, 1.82) is 0 Å². The lowest BCUT2D eigenvalue weighted by Gasteiger charge is -2.35. The van der Waals surface area contributed by atoms with Gasteiger partial charge in [0, 0.05) is 11.9 Å². The third kappa shape index (κ3) is 3.87. The minimum absolute atomic E-state index is 0.126. The molecule has 106 valence electrons. The summed E-state index contributed by atoms with van der Waals surface area (Å²) in [5.74, 6) is -0.126. The zero-order valence-electron chi connectivity index (χ0n) is 10.5. The maximum Gasteiger partial charge on any atom is 0.253 e. The molecule has 0 spiro atoms. The molecule has 0 bridgehead atoms. The van der Waals surface area contributed by atoms with Gasteiger partial charge in [0.1, 0.15) is 4.34 Å². The number of hydrogen-bond donors (Lipinski definition) is 1. The standard InChI is InChI=1S/C13H16BrCl2NOS/c14-7-13(4-2-1-3-5-13)8-17-12(18)9-6-10(15)19-11(9)16/h6H,1-5,7-8H2,(H,17,18). The Labute approximate surface area is 136 Å². The zero-order valence-corrected chi connectivity index (χ0v) is 14.4. The van der Waals surface area contributed by atoms with Crippen molar-refractivity contribution in [3.8, 4) is 0 Å². The Morgan fingerprint density at radius 1 is 1.37 bits per heavy atom. The number of halogens is 3. The van der Waals surface area contributed by atoms with E-state index in [1.807, 2.05) is 0 Å². The van der Waals surface area contributed by atoms with Crippen molar-refractivity contribution in [3.05, 3.63) is 20.3 Å². The van der Waals surface area contributed by atoms with E-state index in [-0.39, 0.29) is 11.3 Å². The second-order valence-electron chi connectivity index (χ2n) is 5.11. The topological polar surface area (TPSA) is 29.1 Å². The highest BCUT2D eigenvalue weighted by atomic mass is 79.9. The van der Waals surface area contributed by atoms with Crippen LogP contribution < -0.4 is 5.32 Å². The molecule has 1 amide bonds. The van der Waals surface area contributed by atoms with E-state index in [2.05, 4.69) is 21.2 Å². The molecular formula is C13H16BrCl2NOS. The van der Waals surface area contributed by atoms with E-state index in [9.17, 15) is 4.79 Å². The van der Waals surface area contributed by atoms with Gasteiger partial charge in [-0.1, -0.05) is 58.4 Å². The first-order chi connectivity index (χ1) is 9.06. The Balaban J connectivity index is 1.97. The van der Waals surface area contributed by atoms with Crippen LogP contribution in [0.2, 0.25) is 8.67 Å². The summed E-state index contributed by atoms with van der Waals surface area (Å²) in [6, 6.07) is 1.63. The predicted molar refractivity (Wildman–Crippen MR) is 86.0 cm³/mol. The molecule has 1 aromatic rings. The second-order valence-corrected chi connectivity index (χ2v) is 7.96. The molecular weight excluding hydrogens is 369 g/mol. The van der Waals surface area contributed by atoms with Crippen LogP contribution in [0.3, 0.4) is 0 Å². The first-order valence-electron chi connectivity index (χ1n) is 6.35.